The van der Waals surface area contributed by atoms with Crippen LogP contribution in [0.3, 0.4) is 0 Å². The Labute approximate surface area is 132 Å². The van der Waals surface area contributed by atoms with Gasteiger partial charge in [-0.3, -0.25) is 0 Å². The van der Waals surface area contributed by atoms with Gasteiger partial charge in [0.05, 0.1) is 7.11 Å². The zero-order chi connectivity index (χ0) is 15.5. The van der Waals surface area contributed by atoms with Gasteiger partial charge >= 0.3 is 0 Å². The number of hydrogen-bond donors (Lipinski definition) is 3. The van der Waals surface area contributed by atoms with Gasteiger partial charge in [-0.05, 0) is 35.1 Å². The van der Waals surface area contributed by atoms with Gasteiger partial charge < -0.3 is 9.64 Å². The molecule has 6 heteroatoms. The fourth-order valence-electron chi connectivity index (χ4n) is 2.93. The first-order valence-electron chi connectivity index (χ1n) is 7.52. The van der Waals surface area contributed by atoms with Crippen LogP contribution in [0.2, 0.25) is 0 Å². The largest absolute Gasteiger partial charge is 0.491 e. The van der Waals surface area contributed by atoms with Gasteiger partial charge in [-0.1, -0.05) is 19.8 Å². The molecule has 1 aliphatic rings. The summed E-state index contributed by atoms with van der Waals surface area (Å²) in [6.07, 6.45) is 5.06. The minimum atomic E-state index is -1.02. The summed E-state index contributed by atoms with van der Waals surface area (Å²) in [7, 11) is 1.55. The van der Waals surface area contributed by atoms with Crippen molar-refractivity contribution in [3.05, 3.63) is 18.2 Å². The molecular weight excluding hydrogens is 286 g/mol. The number of hydrogen-bond acceptors (Lipinski definition) is 5. The van der Waals surface area contributed by atoms with Crippen LogP contribution >= 0.6 is 12.8 Å². The van der Waals surface area contributed by atoms with Crippen LogP contribution in [0.1, 0.15) is 32.6 Å². The fourth-order valence-corrected chi connectivity index (χ4v) is 3.08. The minimum absolute atomic E-state index is 0.440. The van der Waals surface area contributed by atoms with Crippen LogP contribution < -0.4 is 19.6 Å². The number of unbranched alkanes of at least 4 members (excludes halogenated alkanes) is 1. The zero-order valence-electron chi connectivity index (χ0n) is 12.8. The average Bonchev–Trinajstić information content (AvgIpc) is 2.92. The van der Waals surface area contributed by atoms with Crippen LogP contribution in [0.4, 0.5) is 11.4 Å². The Bertz CT molecular complexity index is 476. The summed E-state index contributed by atoms with van der Waals surface area (Å²) in [4.78, 5) is 2.34. The molecule has 118 valence electrons. The smallest absolute Gasteiger partial charge is 0.241 e. The van der Waals surface area contributed by atoms with E-state index in [0.717, 1.165) is 24.7 Å². The molecule has 1 aliphatic heterocycles. The van der Waals surface area contributed by atoms with Gasteiger partial charge in [-0.15, -0.1) is 5.84 Å². The van der Waals surface area contributed by atoms with Crippen molar-refractivity contribution in [2.45, 2.75) is 32.6 Å². The molecule has 0 aromatic heterocycles. The van der Waals surface area contributed by atoms with Gasteiger partial charge in [0.25, 0.3) is 0 Å². The van der Waals surface area contributed by atoms with Gasteiger partial charge in [0.2, 0.25) is 5.69 Å². The lowest BCUT2D eigenvalue weighted by Gasteiger charge is -2.22. The number of rotatable bonds is 6. The predicted molar refractivity (Wildman–Crippen MR) is 89.6 cm³/mol. The number of thiol groups is 1. The Morgan fingerprint density at radius 2 is 2.29 bits per heavy atom. The van der Waals surface area contributed by atoms with Crippen molar-refractivity contribution >= 4 is 24.2 Å². The van der Waals surface area contributed by atoms with Gasteiger partial charge in [-0.2, -0.15) is 5.21 Å². The molecule has 0 saturated carbocycles. The highest BCUT2D eigenvalue weighted by Gasteiger charge is 2.28. The fraction of sp³-hybridized carbons (Fsp3) is 0.600. The van der Waals surface area contributed by atoms with Gasteiger partial charge in [0.1, 0.15) is 12.8 Å². The monoisotopic (exact) mass is 312 g/mol. The molecule has 21 heavy (non-hydrogen) atoms. The molecule has 0 spiro atoms. The number of nitrogens with zero attached hydrogens (tertiary/aromatic N) is 2. The number of methoxy groups -OCH3 is 1. The first kappa shape index (κ1) is 16.4. The molecule has 2 unspecified atom stereocenters. The molecule has 0 amide bonds. The Morgan fingerprint density at radius 1 is 1.52 bits per heavy atom. The second kappa shape index (κ2) is 6.87. The Balaban J connectivity index is 2.14. The number of nitrogens with two attached hydrogens (primary N) is 1. The molecule has 2 rings (SSSR count). The molecule has 1 fully saturated rings. The van der Waals surface area contributed by atoms with E-state index >= 15 is 0 Å². The maximum Gasteiger partial charge on any atom is 0.241 e. The summed E-state index contributed by atoms with van der Waals surface area (Å²) in [5, 5.41) is 9.92. The van der Waals surface area contributed by atoms with Crippen molar-refractivity contribution in [1.29, 1.82) is 0 Å². The van der Waals surface area contributed by atoms with E-state index in [-0.39, 0.29) is 0 Å². The van der Waals surface area contributed by atoms with Crippen molar-refractivity contribution in [3.8, 4) is 5.75 Å². The Hall–Kier alpha value is -0.950. The first-order chi connectivity index (χ1) is 9.95. The van der Waals surface area contributed by atoms with E-state index in [4.69, 9.17) is 10.6 Å². The van der Waals surface area contributed by atoms with Crippen molar-refractivity contribution in [2.24, 2.45) is 11.8 Å². The van der Waals surface area contributed by atoms with Crippen molar-refractivity contribution in [3.63, 3.8) is 0 Å². The highest BCUT2D eigenvalue weighted by molar-refractivity contribution is 7.79. The average molecular weight is 312 g/mol. The van der Waals surface area contributed by atoms with Crippen LogP contribution in [-0.2, 0) is 0 Å². The molecule has 1 saturated heterocycles. The van der Waals surface area contributed by atoms with E-state index in [1.165, 1.54) is 25.7 Å². The molecule has 0 aliphatic carbocycles. The SMILES string of the molecule is CCCCC1CCN(c2ccc(OC)c([N+](N)(O)S)c2)C1. The molecule has 1 heterocycles. The summed E-state index contributed by atoms with van der Waals surface area (Å²) < 4.78 is 4.22. The maximum absolute atomic E-state index is 9.92. The topological polar surface area (TPSA) is 58.7 Å². The highest BCUT2D eigenvalue weighted by Crippen LogP contribution is 2.37. The molecule has 1 aromatic rings. The molecule has 2 atom stereocenters. The standard InChI is InChI=1S/C15H26N3O2S/c1-3-4-5-12-8-9-17(11-12)13-6-7-15(20-2)14(10-13)18(16,19)21/h6-7,10,12,19,21H,3-5,8-9,11,16H2,1-2H3/q+1. The second-order valence-corrected chi connectivity index (χ2v) is 6.36. The number of ether oxygens (including phenoxy) is 1. The molecular formula is C15H26N3O2S+. The van der Waals surface area contributed by atoms with Crippen LogP contribution in [-0.4, -0.2) is 25.4 Å². The van der Waals surface area contributed by atoms with E-state index in [0.29, 0.717) is 11.4 Å². The molecule has 0 bridgehead atoms. The summed E-state index contributed by atoms with van der Waals surface area (Å²) >= 11 is 3.99. The molecule has 0 radical (unpaired) electrons. The Kier molecular flexibility index (Phi) is 5.37. The van der Waals surface area contributed by atoms with Crippen LogP contribution in [0.5, 0.6) is 5.75 Å². The normalized spacial score (nSPS) is 21.4. The third-order valence-electron chi connectivity index (χ3n) is 4.13. The maximum atomic E-state index is 9.92. The molecule has 3 N–H and O–H groups in total. The number of quaternary nitrogens is 1. The first-order valence-corrected chi connectivity index (χ1v) is 7.92. The second-order valence-electron chi connectivity index (χ2n) is 5.75. The molecule has 1 aromatic carbocycles. The van der Waals surface area contributed by atoms with E-state index < -0.39 is 4.16 Å². The zero-order valence-corrected chi connectivity index (χ0v) is 13.7. The Morgan fingerprint density at radius 3 is 2.90 bits per heavy atom. The van der Waals surface area contributed by atoms with Crippen molar-refractivity contribution in [1.82, 2.24) is 4.16 Å². The van der Waals surface area contributed by atoms with Gasteiger partial charge in [0.15, 0.2) is 5.75 Å². The number of anilines is 1. The third-order valence-corrected chi connectivity index (χ3v) is 4.35. The van der Waals surface area contributed by atoms with Crippen molar-refractivity contribution in [2.75, 3.05) is 25.1 Å². The summed E-state index contributed by atoms with van der Waals surface area (Å²) in [6.45, 7) is 4.34. The third kappa shape index (κ3) is 4.03. The summed E-state index contributed by atoms with van der Waals surface area (Å²) in [5.41, 5.74) is 1.50. The minimum Gasteiger partial charge on any atom is -0.491 e. The van der Waals surface area contributed by atoms with E-state index in [1.807, 2.05) is 18.2 Å². The highest BCUT2D eigenvalue weighted by atomic mass is 32.1. The quantitative estimate of drug-likeness (QED) is 0.327. The summed E-state index contributed by atoms with van der Waals surface area (Å²) in [6, 6.07) is 5.69. The molecule has 5 nitrogen and oxygen atoms in total. The van der Waals surface area contributed by atoms with Crippen LogP contribution in [0.15, 0.2) is 18.2 Å². The summed E-state index contributed by atoms with van der Waals surface area (Å²) in [5.74, 6) is 6.94. The van der Waals surface area contributed by atoms with E-state index in [9.17, 15) is 5.21 Å². The van der Waals surface area contributed by atoms with Crippen LogP contribution in [0.25, 0.3) is 0 Å². The lowest BCUT2D eigenvalue weighted by Crippen LogP contribution is -2.43. The van der Waals surface area contributed by atoms with Gasteiger partial charge in [0, 0.05) is 24.8 Å². The predicted octanol–water partition coefficient (Wildman–Crippen LogP) is 3.13. The lowest BCUT2D eigenvalue weighted by atomic mass is 10.0. The van der Waals surface area contributed by atoms with Crippen LogP contribution in [0, 0.1) is 5.92 Å². The van der Waals surface area contributed by atoms with E-state index in [1.54, 1.807) is 7.11 Å². The lowest BCUT2D eigenvalue weighted by molar-refractivity contribution is 0.0244. The number of benzene rings is 1. The van der Waals surface area contributed by atoms with Crippen molar-refractivity contribution < 1.29 is 9.94 Å². The van der Waals surface area contributed by atoms with Gasteiger partial charge in [-0.25, -0.2) is 0 Å². The van der Waals surface area contributed by atoms with E-state index in [2.05, 4.69) is 24.6 Å².